The number of hydrogen-bond acceptors (Lipinski definition) is 4. The second-order valence-electron chi connectivity index (χ2n) is 6.39. The highest BCUT2D eigenvalue weighted by Gasteiger charge is 2.39. The third kappa shape index (κ3) is 3.18. The summed E-state index contributed by atoms with van der Waals surface area (Å²) in [4.78, 5) is 7.15. The first-order chi connectivity index (χ1) is 9.24. The van der Waals surface area contributed by atoms with Gasteiger partial charge in [-0.05, 0) is 51.1 Å². The van der Waals surface area contributed by atoms with Gasteiger partial charge in [0, 0.05) is 25.0 Å². The predicted octanol–water partition coefficient (Wildman–Crippen LogP) is 2.73. The summed E-state index contributed by atoms with van der Waals surface area (Å²) in [5.74, 6) is 3.05. The highest BCUT2D eigenvalue weighted by atomic mass is 32.1. The van der Waals surface area contributed by atoms with Gasteiger partial charge >= 0.3 is 0 Å². The molecule has 4 heteroatoms. The molecule has 0 aliphatic heterocycles. The van der Waals surface area contributed by atoms with Gasteiger partial charge < -0.3 is 10.2 Å². The van der Waals surface area contributed by atoms with Gasteiger partial charge in [0.05, 0.1) is 5.69 Å². The van der Waals surface area contributed by atoms with Crippen molar-refractivity contribution in [1.82, 2.24) is 15.2 Å². The van der Waals surface area contributed by atoms with E-state index in [1.165, 1.54) is 42.9 Å². The van der Waals surface area contributed by atoms with Crippen molar-refractivity contribution >= 4 is 11.3 Å². The zero-order valence-corrected chi connectivity index (χ0v) is 12.9. The molecule has 3 rings (SSSR count). The Morgan fingerprint density at radius 2 is 2.32 bits per heavy atom. The van der Waals surface area contributed by atoms with Gasteiger partial charge in [0.1, 0.15) is 5.01 Å². The molecule has 0 amide bonds. The maximum Gasteiger partial charge on any atom is 0.107 e. The molecule has 1 aromatic heterocycles. The van der Waals surface area contributed by atoms with E-state index in [1.807, 2.05) is 7.05 Å². The van der Waals surface area contributed by atoms with Crippen LogP contribution in [0, 0.1) is 17.8 Å². The smallest absolute Gasteiger partial charge is 0.107 e. The van der Waals surface area contributed by atoms with Gasteiger partial charge in [-0.1, -0.05) is 6.42 Å². The van der Waals surface area contributed by atoms with Crippen LogP contribution in [0.25, 0.3) is 0 Å². The maximum atomic E-state index is 4.68. The number of thiazole rings is 1. The molecule has 3 atom stereocenters. The van der Waals surface area contributed by atoms with Crippen molar-refractivity contribution < 1.29 is 0 Å². The van der Waals surface area contributed by atoms with Gasteiger partial charge in [-0.3, -0.25) is 0 Å². The largest absolute Gasteiger partial charge is 0.314 e. The minimum atomic E-state index is 0.890. The summed E-state index contributed by atoms with van der Waals surface area (Å²) < 4.78 is 0. The van der Waals surface area contributed by atoms with E-state index in [0.29, 0.717) is 0 Å². The Labute approximate surface area is 120 Å². The summed E-state index contributed by atoms with van der Waals surface area (Å²) in [6.07, 6.45) is 6.00. The summed E-state index contributed by atoms with van der Waals surface area (Å²) in [5.41, 5.74) is 1.24. The Morgan fingerprint density at radius 3 is 3.00 bits per heavy atom. The lowest BCUT2D eigenvalue weighted by Gasteiger charge is -2.26. The molecule has 1 N–H and O–H groups in total. The fraction of sp³-hybridized carbons (Fsp3) is 0.800. The van der Waals surface area contributed by atoms with Crippen molar-refractivity contribution in [3.05, 3.63) is 16.1 Å². The molecule has 2 saturated carbocycles. The van der Waals surface area contributed by atoms with Crippen LogP contribution in [0.2, 0.25) is 0 Å². The van der Waals surface area contributed by atoms with Crippen molar-refractivity contribution in [2.75, 3.05) is 20.6 Å². The number of fused-ring (bicyclic) bond motifs is 2. The number of nitrogens with one attached hydrogen (secondary N) is 1. The predicted molar refractivity (Wildman–Crippen MR) is 80.1 cm³/mol. The van der Waals surface area contributed by atoms with Crippen LogP contribution in [0.4, 0.5) is 0 Å². The monoisotopic (exact) mass is 279 g/mol. The molecule has 0 spiro atoms. The average Bonchev–Trinajstić information content (AvgIpc) is 3.06. The molecule has 0 radical (unpaired) electrons. The van der Waals surface area contributed by atoms with Gasteiger partial charge in [0.15, 0.2) is 0 Å². The molecular weight excluding hydrogens is 254 g/mol. The highest BCUT2D eigenvalue weighted by molar-refractivity contribution is 7.09. The first-order valence-electron chi connectivity index (χ1n) is 7.51. The lowest BCUT2D eigenvalue weighted by atomic mass is 9.88. The Bertz CT molecular complexity index is 417. The van der Waals surface area contributed by atoms with E-state index < -0.39 is 0 Å². The maximum absolute atomic E-state index is 4.68. The zero-order chi connectivity index (χ0) is 13.2. The summed E-state index contributed by atoms with van der Waals surface area (Å²) in [6, 6.07) is 0. The van der Waals surface area contributed by atoms with Crippen molar-refractivity contribution in [3.63, 3.8) is 0 Å². The summed E-state index contributed by atoms with van der Waals surface area (Å²) in [5, 5.41) is 6.57. The quantitative estimate of drug-likeness (QED) is 0.868. The van der Waals surface area contributed by atoms with Gasteiger partial charge in [-0.2, -0.15) is 0 Å². The van der Waals surface area contributed by atoms with Crippen LogP contribution in [-0.4, -0.2) is 30.5 Å². The molecule has 0 saturated heterocycles. The minimum absolute atomic E-state index is 0.890. The van der Waals surface area contributed by atoms with Gasteiger partial charge in [-0.25, -0.2) is 4.98 Å². The first-order valence-corrected chi connectivity index (χ1v) is 8.39. The lowest BCUT2D eigenvalue weighted by Crippen LogP contribution is -2.28. The zero-order valence-electron chi connectivity index (χ0n) is 12.1. The Morgan fingerprint density at radius 1 is 1.42 bits per heavy atom. The van der Waals surface area contributed by atoms with Crippen LogP contribution in [0.5, 0.6) is 0 Å². The number of rotatable bonds is 6. The van der Waals surface area contributed by atoms with E-state index in [4.69, 9.17) is 0 Å². The molecule has 2 aliphatic carbocycles. The van der Waals surface area contributed by atoms with E-state index in [0.717, 1.165) is 30.8 Å². The average molecular weight is 279 g/mol. The van der Waals surface area contributed by atoms with Crippen molar-refractivity contribution in [2.24, 2.45) is 17.8 Å². The third-order valence-electron chi connectivity index (χ3n) is 4.79. The Hall–Kier alpha value is -0.450. The molecule has 2 bridgehead atoms. The van der Waals surface area contributed by atoms with E-state index in [2.05, 4.69) is 27.6 Å². The fourth-order valence-electron chi connectivity index (χ4n) is 4.00. The Kier molecular flexibility index (Phi) is 4.20. The van der Waals surface area contributed by atoms with Crippen LogP contribution < -0.4 is 5.32 Å². The Balaban J connectivity index is 1.49. The number of aromatic nitrogens is 1. The first kappa shape index (κ1) is 13.5. The summed E-state index contributed by atoms with van der Waals surface area (Å²) >= 11 is 1.77. The SMILES string of the molecule is CNCc1nc(CN(C)CC2CC3CCC2C3)cs1. The molecule has 2 fully saturated rings. The molecule has 2 aliphatic rings. The van der Waals surface area contributed by atoms with Crippen LogP contribution in [0.3, 0.4) is 0 Å². The molecule has 19 heavy (non-hydrogen) atoms. The van der Waals surface area contributed by atoms with E-state index >= 15 is 0 Å². The molecule has 1 aromatic rings. The second-order valence-corrected chi connectivity index (χ2v) is 7.34. The van der Waals surface area contributed by atoms with Gasteiger partial charge in [0.25, 0.3) is 0 Å². The van der Waals surface area contributed by atoms with Gasteiger partial charge in [-0.15, -0.1) is 11.3 Å². The van der Waals surface area contributed by atoms with Crippen molar-refractivity contribution in [2.45, 2.75) is 38.8 Å². The van der Waals surface area contributed by atoms with Crippen LogP contribution in [-0.2, 0) is 13.1 Å². The van der Waals surface area contributed by atoms with E-state index in [9.17, 15) is 0 Å². The summed E-state index contributed by atoms with van der Waals surface area (Å²) in [7, 11) is 4.23. The lowest BCUT2D eigenvalue weighted by molar-refractivity contribution is 0.213. The second kappa shape index (κ2) is 5.90. The molecular formula is C15H25N3S. The van der Waals surface area contributed by atoms with Gasteiger partial charge in [0.2, 0.25) is 0 Å². The van der Waals surface area contributed by atoms with Crippen molar-refractivity contribution in [1.29, 1.82) is 0 Å². The van der Waals surface area contributed by atoms with Crippen LogP contribution in [0.15, 0.2) is 5.38 Å². The molecule has 0 aromatic carbocycles. The number of nitrogens with zero attached hydrogens (tertiary/aromatic N) is 2. The normalized spacial score (nSPS) is 29.5. The van der Waals surface area contributed by atoms with Crippen LogP contribution >= 0.6 is 11.3 Å². The third-order valence-corrected chi connectivity index (χ3v) is 5.69. The van der Waals surface area contributed by atoms with Crippen LogP contribution in [0.1, 0.15) is 36.4 Å². The van der Waals surface area contributed by atoms with Crippen molar-refractivity contribution in [3.8, 4) is 0 Å². The molecule has 1 heterocycles. The standard InChI is InChI=1S/C15H25N3S/c1-16-7-15-17-14(10-19-15)9-18(2)8-13-6-11-3-4-12(13)5-11/h10-13,16H,3-9H2,1-2H3. The fourth-order valence-corrected chi connectivity index (χ4v) is 4.79. The summed E-state index contributed by atoms with van der Waals surface area (Å²) in [6.45, 7) is 3.16. The van der Waals surface area contributed by atoms with E-state index in [-0.39, 0.29) is 0 Å². The number of hydrogen-bond donors (Lipinski definition) is 1. The molecule has 3 nitrogen and oxygen atoms in total. The molecule has 3 unspecified atom stereocenters. The topological polar surface area (TPSA) is 28.2 Å². The molecule has 106 valence electrons. The minimum Gasteiger partial charge on any atom is -0.314 e. The highest BCUT2D eigenvalue weighted by Crippen LogP contribution is 2.48. The van der Waals surface area contributed by atoms with E-state index in [1.54, 1.807) is 11.3 Å².